The second-order valence-corrected chi connectivity index (χ2v) is 3.15. The van der Waals surface area contributed by atoms with Gasteiger partial charge in [-0.3, -0.25) is 0 Å². The van der Waals surface area contributed by atoms with Crippen molar-refractivity contribution in [3.05, 3.63) is 24.3 Å². The number of halogens is 1. The molecule has 0 aromatic carbocycles. The largest absolute Gasteiger partial charge is 0.0883 e. The van der Waals surface area contributed by atoms with Crippen molar-refractivity contribution in [3.8, 4) is 0 Å². The Morgan fingerprint density at radius 1 is 1.09 bits per heavy atom. The van der Waals surface area contributed by atoms with Crippen molar-refractivity contribution < 1.29 is 0 Å². The van der Waals surface area contributed by atoms with E-state index in [0.717, 1.165) is 5.33 Å². The van der Waals surface area contributed by atoms with Crippen LogP contribution < -0.4 is 0 Å². The highest BCUT2D eigenvalue weighted by Crippen LogP contribution is 1.99. The van der Waals surface area contributed by atoms with Crippen LogP contribution >= 0.6 is 15.9 Å². The summed E-state index contributed by atoms with van der Waals surface area (Å²) in [5, 5.41) is 0.951. The van der Waals surface area contributed by atoms with Crippen molar-refractivity contribution in [2.45, 2.75) is 32.6 Å². The van der Waals surface area contributed by atoms with Gasteiger partial charge in [-0.1, -0.05) is 60.0 Å². The molecule has 0 saturated heterocycles. The molecule has 0 nitrogen and oxygen atoms in total. The number of allylic oxidation sites excluding steroid dienone is 4. The first kappa shape index (κ1) is 11.0. The van der Waals surface area contributed by atoms with Crippen molar-refractivity contribution in [1.29, 1.82) is 0 Å². The Balaban J connectivity index is 3.09. The van der Waals surface area contributed by atoms with E-state index in [2.05, 4.69) is 47.2 Å². The third-order valence-electron chi connectivity index (χ3n) is 1.45. The number of unbranched alkanes of at least 4 members (excludes halogenated alkanes) is 3. The zero-order valence-corrected chi connectivity index (χ0v) is 8.81. The van der Waals surface area contributed by atoms with Crippen molar-refractivity contribution >= 4 is 15.9 Å². The predicted molar refractivity (Wildman–Crippen MR) is 56.2 cm³/mol. The third-order valence-corrected chi connectivity index (χ3v) is 1.82. The topological polar surface area (TPSA) is 0 Å². The molecule has 0 N–H and O–H groups in total. The standard InChI is InChI=1S/C10H17Br/c1-2-3-4-5-6-7-8-9-10-11/h6-9H,2-5,10H2,1H3. The van der Waals surface area contributed by atoms with Crippen LogP contribution in [-0.2, 0) is 0 Å². The molecule has 0 aromatic heterocycles. The second kappa shape index (κ2) is 9.96. The minimum Gasteiger partial charge on any atom is -0.0883 e. The van der Waals surface area contributed by atoms with Gasteiger partial charge in [0.05, 0.1) is 0 Å². The van der Waals surface area contributed by atoms with E-state index in [-0.39, 0.29) is 0 Å². The summed E-state index contributed by atoms with van der Waals surface area (Å²) in [6, 6.07) is 0. The van der Waals surface area contributed by atoms with Crippen molar-refractivity contribution in [2.24, 2.45) is 0 Å². The molecule has 0 atom stereocenters. The summed E-state index contributed by atoms with van der Waals surface area (Å²) in [5.74, 6) is 0. The Hall–Kier alpha value is -0.0400. The summed E-state index contributed by atoms with van der Waals surface area (Å²) < 4.78 is 0. The van der Waals surface area contributed by atoms with Gasteiger partial charge >= 0.3 is 0 Å². The maximum Gasteiger partial charge on any atom is 0.0215 e. The lowest BCUT2D eigenvalue weighted by Gasteiger charge is -1.89. The summed E-state index contributed by atoms with van der Waals surface area (Å²) in [4.78, 5) is 0. The normalized spacial score (nSPS) is 11.8. The number of rotatable bonds is 6. The van der Waals surface area contributed by atoms with Crippen LogP contribution in [0.15, 0.2) is 24.3 Å². The van der Waals surface area contributed by atoms with Gasteiger partial charge < -0.3 is 0 Å². The van der Waals surface area contributed by atoms with Gasteiger partial charge in [0.15, 0.2) is 0 Å². The van der Waals surface area contributed by atoms with E-state index in [9.17, 15) is 0 Å². The van der Waals surface area contributed by atoms with Crippen molar-refractivity contribution in [2.75, 3.05) is 5.33 Å². The van der Waals surface area contributed by atoms with Crippen LogP contribution in [0.4, 0.5) is 0 Å². The maximum absolute atomic E-state index is 3.32. The van der Waals surface area contributed by atoms with E-state index in [4.69, 9.17) is 0 Å². The first-order chi connectivity index (χ1) is 5.41. The molecular weight excluding hydrogens is 200 g/mol. The number of hydrogen-bond donors (Lipinski definition) is 0. The minimum atomic E-state index is 0.951. The van der Waals surface area contributed by atoms with Gasteiger partial charge in [-0.2, -0.15) is 0 Å². The van der Waals surface area contributed by atoms with Crippen LogP contribution in [0, 0.1) is 0 Å². The Bertz CT molecular complexity index is 114. The molecule has 0 rings (SSSR count). The van der Waals surface area contributed by atoms with Crippen LogP contribution in [0.25, 0.3) is 0 Å². The van der Waals surface area contributed by atoms with Crippen molar-refractivity contribution in [3.63, 3.8) is 0 Å². The van der Waals surface area contributed by atoms with Gasteiger partial charge in [0, 0.05) is 5.33 Å². The average Bonchev–Trinajstić information content (AvgIpc) is 2.03. The highest BCUT2D eigenvalue weighted by Gasteiger charge is 1.79. The highest BCUT2D eigenvalue weighted by molar-refractivity contribution is 9.09. The first-order valence-electron chi connectivity index (χ1n) is 4.29. The van der Waals surface area contributed by atoms with Crippen LogP contribution in [0.2, 0.25) is 0 Å². The number of hydrogen-bond acceptors (Lipinski definition) is 0. The molecule has 0 unspecified atom stereocenters. The molecule has 0 aromatic rings. The van der Waals surface area contributed by atoms with E-state index >= 15 is 0 Å². The smallest absolute Gasteiger partial charge is 0.0215 e. The van der Waals surface area contributed by atoms with Crippen molar-refractivity contribution in [1.82, 2.24) is 0 Å². The molecule has 0 bridgehead atoms. The molecule has 0 fully saturated rings. The zero-order valence-electron chi connectivity index (χ0n) is 7.22. The molecule has 0 saturated carbocycles. The van der Waals surface area contributed by atoms with Crippen LogP contribution in [0.5, 0.6) is 0 Å². The summed E-state index contributed by atoms with van der Waals surface area (Å²) in [6.07, 6.45) is 13.7. The van der Waals surface area contributed by atoms with Crippen LogP contribution in [-0.4, -0.2) is 5.33 Å². The Morgan fingerprint density at radius 2 is 1.82 bits per heavy atom. The monoisotopic (exact) mass is 216 g/mol. The minimum absolute atomic E-state index is 0.951. The molecule has 64 valence electrons. The fraction of sp³-hybridized carbons (Fsp3) is 0.600. The Labute approximate surface area is 78.5 Å². The predicted octanol–water partition coefficient (Wildman–Crippen LogP) is 4.07. The molecule has 0 spiro atoms. The molecule has 0 heterocycles. The molecule has 0 radical (unpaired) electrons. The Morgan fingerprint density at radius 3 is 2.45 bits per heavy atom. The van der Waals surface area contributed by atoms with Gasteiger partial charge in [0.2, 0.25) is 0 Å². The van der Waals surface area contributed by atoms with E-state index in [0.29, 0.717) is 0 Å². The van der Waals surface area contributed by atoms with Gasteiger partial charge in [0.25, 0.3) is 0 Å². The molecule has 0 aliphatic heterocycles. The van der Waals surface area contributed by atoms with Gasteiger partial charge in [-0.05, 0) is 12.8 Å². The Kier molecular flexibility index (Phi) is 9.92. The van der Waals surface area contributed by atoms with E-state index in [1.54, 1.807) is 0 Å². The molecule has 0 aliphatic carbocycles. The zero-order chi connectivity index (χ0) is 8.36. The number of alkyl halides is 1. The second-order valence-electron chi connectivity index (χ2n) is 2.51. The third kappa shape index (κ3) is 9.96. The van der Waals surface area contributed by atoms with Crippen LogP contribution in [0.1, 0.15) is 32.6 Å². The van der Waals surface area contributed by atoms with Crippen LogP contribution in [0.3, 0.4) is 0 Å². The van der Waals surface area contributed by atoms with Gasteiger partial charge in [-0.25, -0.2) is 0 Å². The summed E-state index contributed by atoms with van der Waals surface area (Å²) >= 11 is 3.32. The molecule has 11 heavy (non-hydrogen) atoms. The maximum atomic E-state index is 3.32. The summed E-state index contributed by atoms with van der Waals surface area (Å²) in [7, 11) is 0. The fourth-order valence-electron chi connectivity index (χ4n) is 0.817. The molecular formula is C10H17Br. The highest BCUT2D eigenvalue weighted by atomic mass is 79.9. The lowest BCUT2D eigenvalue weighted by atomic mass is 10.2. The molecule has 1 heteroatoms. The fourth-order valence-corrected chi connectivity index (χ4v) is 1.03. The van der Waals surface area contributed by atoms with E-state index < -0.39 is 0 Å². The van der Waals surface area contributed by atoms with Gasteiger partial charge in [-0.15, -0.1) is 0 Å². The summed E-state index contributed by atoms with van der Waals surface area (Å²) in [5.41, 5.74) is 0. The van der Waals surface area contributed by atoms with Gasteiger partial charge in [0.1, 0.15) is 0 Å². The summed E-state index contributed by atoms with van der Waals surface area (Å²) in [6.45, 7) is 2.23. The average molecular weight is 217 g/mol. The lowest BCUT2D eigenvalue weighted by Crippen LogP contribution is -1.69. The van der Waals surface area contributed by atoms with E-state index in [1.807, 2.05) is 0 Å². The lowest BCUT2D eigenvalue weighted by molar-refractivity contribution is 0.729. The quantitative estimate of drug-likeness (QED) is 0.357. The SMILES string of the molecule is CCCCCC=CC=CCBr. The first-order valence-corrected chi connectivity index (χ1v) is 5.41. The molecule has 0 amide bonds. The van der Waals surface area contributed by atoms with E-state index in [1.165, 1.54) is 25.7 Å². The molecule has 0 aliphatic rings.